The minimum Gasteiger partial charge on any atom is -0.0616 e. The lowest BCUT2D eigenvalue weighted by Crippen LogP contribution is -1.80. The predicted molar refractivity (Wildman–Crippen MR) is 61.1 cm³/mol. The Hall–Kier alpha value is -0.570. The van der Waals surface area contributed by atoms with Gasteiger partial charge in [-0.3, -0.25) is 0 Å². The molecule has 0 aliphatic rings. The molecule has 0 unspecified atom stereocenters. The Balaban J connectivity index is 2.95. The van der Waals surface area contributed by atoms with Crippen LogP contribution in [-0.4, -0.2) is 0 Å². The summed E-state index contributed by atoms with van der Waals surface area (Å²) in [6.07, 6.45) is 0. The van der Waals surface area contributed by atoms with Crippen LogP contribution in [0.2, 0.25) is 0 Å². The summed E-state index contributed by atoms with van der Waals surface area (Å²) >= 11 is 2.35. The molecule has 0 saturated carbocycles. The third-order valence-corrected chi connectivity index (χ3v) is 2.90. The average molecular weight is 267 g/mol. The van der Waals surface area contributed by atoms with Crippen LogP contribution in [0, 0.1) is 10.5 Å². The lowest BCUT2D eigenvalue weighted by atomic mass is 10.1. The van der Waals surface area contributed by atoms with Crippen LogP contribution in [0.3, 0.4) is 0 Å². The highest BCUT2D eigenvalue weighted by Gasteiger charge is 1.98. The van der Waals surface area contributed by atoms with E-state index in [4.69, 9.17) is 0 Å². The lowest BCUT2D eigenvalue weighted by molar-refractivity contribution is 1.64. The molecule has 0 spiro atoms. The lowest BCUT2D eigenvalue weighted by Gasteiger charge is -2.02. The van der Waals surface area contributed by atoms with E-state index >= 15 is 0 Å². The van der Waals surface area contributed by atoms with E-state index in [9.17, 15) is 0 Å². The Labute approximate surface area is 85.7 Å². The van der Waals surface area contributed by atoms with Crippen LogP contribution in [0.25, 0.3) is 10.8 Å². The highest BCUT2D eigenvalue weighted by atomic mass is 127. The quantitative estimate of drug-likeness (QED) is 0.639. The smallest absolute Gasteiger partial charge is 0.0208 e. The topological polar surface area (TPSA) is 0 Å². The first-order valence-electron chi connectivity index (χ1n) is 3.78. The summed E-state index contributed by atoms with van der Waals surface area (Å²) in [7, 11) is 0. The number of fused-ring (bicyclic) bond motifs is 1. The maximum atomic E-state index is 3.99. The van der Waals surface area contributed by atoms with Crippen molar-refractivity contribution in [1.82, 2.24) is 0 Å². The van der Waals surface area contributed by atoms with Gasteiger partial charge in [-0.15, -0.1) is 0 Å². The summed E-state index contributed by atoms with van der Waals surface area (Å²) < 4.78 is 1.29. The summed E-state index contributed by atoms with van der Waals surface area (Å²) in [5.74, 6) is 0. The van der Waals surface area contributed by atoms with E-state index < -0.39 is 0 Å². The molecule has 59 valence electrons. The largest absolute Gasteiger partial charge is 0.0616 e. The van der Waals surface area contributed by atoms with Crippen molar-refractivity contribution >= 4 is 33.4 Å². The van der Waals surface area contributed by atoms with Gasteiger partial charge in [0.15, 0.2) is 0 Å². The van der Waals surface area contributed by atoms with Crippen LogP contribution >= 0.6 is 22.6 Å². The highest BCUT2D eigenvalue weighted by molar-refractivity contribution is 14.1. The van der Waals surface area contributed by atoms with E-state index in [1.807, 2.05) is 6.07 Å². The molecule has 2 aromatic carbocycles. The summed E-state index contributed by atoms with van der Waals surface area (Å²) in [5, 5.41) is 2.55. The molecule has 1 heteroatoms. The predicted octanol–water partition coefficient (Wildman–Crippen LogP) is 3.63. The van der Waals surface area contributed by atoms with E-state index in [1.54, 1.807) is 0 Å². The molecule has 1 radical (unpaired) electrons. The van der Waals surface area contributed by atoms with Crippen molar-refractivity contribution in [2.24, 2.45) is 0 Å². The standard InChI is InChI=1S/C11H8I/c1-8-6-7-11(12)10-5-3-2-4-9(8)10/h2-7H,1H2. The number of benzene rings is 2. The second-order valence-corrected chi connectivity index (χ2v) is 3.91. The Morgan fingerprint density at radius 1 is 0.917 bits per heavy atom. The number of hydrogen-bond donors (Lipinski definition) is 0. The van der Waals surface area contributed by atoms with Gasteiger partial charge in [0.25, 0.3) is 0 Å². The van der Waals surface area contributed by atoms with E-state index in [0.29, 0.717) is 0 Å². The minimum absolute atomic E-state index is 1.10. The third kappa shape index (κ3) is 1.22. The maximum Gasteiger partial charge on any atom is 0.0208 e. The van der Waals surface area contributed by atoms with Crippen LogP contribution in [0.1, 0.15) is 5.56 Å². The van der Waals surface area contributed by atoms with E-state index in [0.717, 1.165) is 5.56 Å². The van der Waals surface area contributed by atoms with Crippen LogP contribution in [0.15, 0.2) is 36.4 Å². The molecule has 0 amide bonds. The molecular weight excluding hydrogens is 259 g/mol. The molecule has 0 aromatic heterocycles. The average Bonchev–Trinajstić information content (AvgIpc) is 2.12. The van der Waals surface area contributed by atoms with Gasteiger partial charge in [0.1, 0.15) is 0 Å². The fourth-order valence-corrected chi connectivity index (χ4v) is 1.97. The molecule has 2 aromatic rings. The van der Waals surface area contributed by atoms with E-state index in [2.05, 4.69) is 59.8 Å². The zero-order chi connectivity index (χ0) is 8.55. The molecule has 0 nitrogen and oxygen atoms in total. The molecule has 0 heterocycles. The van der Waals surface area contributed by atoms with Crippen LogP contribution in [0.4, 0.5) is 0 Å². The van der Waals surface area contributed by atoms with Crippen molar-refractivity contribution in [3.63, 3.8) is 0 Å². The van der Waals surface area contributed by atoms with Crippen LogP contribution in [-0.2, 0) is 0 Å². The molecular formula is C11H8I. The van der Waals surface area contributed by atoms with Gasteiger partial charge in [0, 0.05) is 3.57 Å². The minimum atomic E-state index is 1.10. The maximum absolute atomic E-state index is 3.99. The Bertz CT molecular complexity index is 378. The van der Waals surface area contributed by atoms with Gasteiger partial charge in [-0.05, 0) is 51.9 Å². The van der Waals surface area contributed by atoms with Gasteiger partial charge in [0.2, 0.25) is 0 Å². The molecule has 0 aliphatic carbocycles. The molecule has 0 bridgehead atoms. The van der Waals surface area contributed by atoms with E-state index in [-0.39, 0.29) is 0 Å². The molecule has 0 saturated heterocycles. The third-order valence-electron chi connectivity index (χ3n) is 1.96. The fraction of sp³-hybridized carbons (Fsp3) is 0. The first-order valence-corrected chi connectivity index (χ1v) is 4.86. The van der Waals surface area contributed by atoms with Gasteiger partial charge >= 0.3 is 0 Å². The number of rotatable bonds is 0. The Morgan fingerprint density at radius 2 is 1.58 bits per heavy atom. The van der Waals surface area contributed by atoms with Crippen LogP contribution in [0.5, 0.6) is 0 Å². The SMILES string of the molecule is [CH2]c1ccc(I)c2ccccc12. The molecule has 12 heavy (non-hydrogen) atoms. The van der Waals surface area contributed by atoms with Crippen molar-refractivity contribution in [1.29, 1.82) is 0 Å². The van der Waals surface area contributed by atoms with Gasteiger partial charge in [0.05, 0.1) is 0 Å². The van der Waals surface area contributed by atoms with Gasteiger partial charge in [-0.1, -0.05) is 30.3 Å². The second-order valence-electron chi connectivity index (χ2n) is 2.75. The van der Waals surface area contributed by atoms with Crippen molar-refractivity contribution in [3.8, 4) is 0 Å². The van der Waals surface area contributed by atoms with Gasteiger partial charge in [-0.2, -0.15) is 0 Å². The molecule has 2 rings (SSSR count). The van der Waals surface area contributed by atoms with Crippen molar-refractivity contribution in [2.75, 3.05) is 0 Å². The Morgan fingerprint density at radius 3 is 2.25 bits per heavy atom. The first kappa shape index (κ1) is 8.05. The van der Waals surface area contributed by atoms with Crippen molar-refractivity contribution in [2.45, 2.75) is 0 Å². The summed E-state index contributed by atoms with van der Waals surface area (Å²) in [5.41, 5.74) is 1.10. The second kappa shape index (κ2) is 3.05. The molecule has 0 atom stereocenters. The van der Waals surface area contributed by atoms with Gasteiger partial charge < -0.3 is 0 Å². The fourth-order valence-electron chi connectivity index (χ4n) is 1.32. The highest BCUT2D eigenvalue weighted by Crippen LogP contribution is 2.22. The van der Waals surface area contributed by atoms with Crippen molar-refractivity contribution < 1.29 is 0 Å². The first-order chi connectivity index (χ1) is 5.79. The summed E-state index contributed by atoms with van der Waals surface area (Å²) in [4.78, 5) is 0. The zero-order valence-electron chi connectivity index (χ0n) is 6.55. The number of hydrogen-bond acceptors (Lipinski definition) is 0. The molecule has 0 fully saturated rings. The van der Waals surface area contributed by atoms with Crippen LogP contribution < -0.4 is 0 Å². The van der Waals surface area contributed by atoms with Gasteiger partial charge in [-0.25, -0.2) is 0 Å². The molecule has 0 N–H and O–H groups in total. The normalized spacial score (nSPS) is 10.5. The zero-order valence-corrected chi connectivity index (χ0v) is 8.71. The van der Waals surface area contributed by atoms with Crippen molar-refractivity contribution in [3.05, 3.63) is 52.5 Å². The summed E-state index contributed by atoms with van der Waals surface area (Å²) in [6, 6.07) is 12.5. The monoisotopic (exact) mass is 267 g/mol. The van der Waals surface area contributed by atoms with E-state index in [1.165, 1.54) is 14.3 Å². The molecule has 0 aliphatic heterocycles. The summed E-state index contributed by atoms with van der Waals surface area (Å²) in [6.45, 7) is 3.99. The number of halogens is 1. The Kier molecular flexibility index (Phi) is 2.05.